The van der Waals surface area contributed by atoms with Gasteiger partial charge in [-0.1, -0.05) is 12.1 Å². The molecule has 71 valence electrons. The van der Waals surface area contributed by atoms with Crippen LogP contribution in [-0.2, 0) is 46.1 Å². The van der Waals surface area contributed by atoms with Crippen LogP contribution in [-0.4, -0.2) is 0 Å². The average molecular weight is 323 g/mol. The molecule has 0 spiro atoms. The van der Waals surface area contributed by atoms with Gasteiger partial charge in [0.1, 0.15) is 0 Å². The Morgan fingerprint density at radius 3 is 1.55 bits per heavy atom. The summed E-state index contributed by atoms with van der Waals surface area (Å²) in [5.41, 5.74) is 6.64. The summed E-state index contributed by atoms with van der Waals surface area (Å²) < 4.78 is 0. The van der Waals surface area contributed by atoms with Crippen LogP contribution in [0, 0.1) is 0 Å². The number of hydrogen-bond acceptors (Lipinski definition) is 0. The minimum absolute atomic E-state index is 0. The van der Waals surface area contributed by atoms with Crippen molar-refractivity contribution < 1.29 is 30.4 Å². The molecule has 0 saturated carbocycles. The largest absolute Gasteiger partial charge is 1.00 e. The predicted octanol–water partition coefficient (Wildman–Crippen LogP) is 2.67. The second kappa shape index (κ2) is 2.44. The number of fused-ring (bicyclic) bond motifs is 3. The molecule has 1 heteroatoms. The van der Waals surface area contributed by atoms with Gasteiger partial charge in [-0.15, -0.1) is 0 Å². The standard InChI is InChI=1S/C10H10.Re.7H/c1-2-8-4-6-10(8)9-5-3-7(1)9;;;;;;;;/h1-2H,3-6H2;;;;;;;;/q;;7*-1. The monoisotopic (exact) mass is 324 g/mol. The molecule has 0 fully saturated rings. The number of aryl methyl sites for hydroxylation is 2. The van der Waals surface area contributed by atoms with E-state index in [1.54, 1.807) is 22.3 Å². The maximum absolute atomic E-state index is 2.32. The van der Waals surface area contributed by atoms with Crippen LogP contribution < -0.4 is 0 Å². The summed E-state index contributed by atoms with van der Waals surface area (Å²) in [6, 6.07) is 4.63. The molecule has 0 nitrogen and oxygen atoms in total. The van der Waals surface area contributed by atoms with Crippen molar-refractivity contribution >= 4 is 0 Å². The van der Waals surface area contributed by atoms with Gasteiger partial charge in [0.25, 0.3) is 0 Å². The minimum atomic E-state index is 0. The Kier molecular flexibility index (Phi) is 1.67. The quantitative estimate of drug-likeness (QED) is 0.689. The van der Waals surface area contributed by atoms with Gasteiger partial charge in [0.2, 0.25) is 0 Å². The third kappa shape index (κ3) is 0.850. The molecular weight excluding hydrogens is 306 g/mol. The molecule has 0 aromatic heterocycles. The minimum Gasteiger partial charge on any atom is -1.00 e. The molecule has 0 atom stereocenters. The fourth-order valence-corrected chi connectivity index (χ4v) is 2.05. The van der Waals surface area contributed by atoms with E-state index >= 15 is 0 Å². The van der Waals surface area contributed by atoms with Crippen molar-refractivity contribution in [1.82, 2.24) is 0 Å². The summed E-state index contributed by atoms with van der Waals surface area (Å²) in [6.45, 7) is 0. The Balaban J connectivity index is -0.0000000450. The molecule has 1 radical (unpaired) electrons. The third-order valence-electron chi connectivity index (χ3n) is 2.91. The molecule has 1 aromatic rings. The fourth-order valence-electron chi connectivity index (χ4n) is 2.05. The Labute approximate surface area is 91.1 Å². The van der Waals surface area contributed by atoms with E-state index in [9.17, 15) is 0 Å². The van der Waals surface area contributed by atoms with E-state index in [1.807, 2.05) is 0 Å². The van der Waals surface area contributed by atoms with E-state index in [1.165, 1.54) is 25.7 Å². The average Bonchev–Trinajstić information content (AvgIpc) is 1.84. The molecule has 0 amide bonds. The first-order valence-electron chi connectivity index (χ1n) is 4.07. The summed E-state index contributed by atoms with van der Waals surface area (Å²) in [5, 5.41) is 0. The van der Waals surface area contributed by atoms with E-state index in [0.717, 1.165) is 0 Å². The molecule has 11 heavy (non-hydrogen) atoms. The number of hydrogen-bond donors (Lipinski definition) is 0. The van der Waals surface area contributed by atoms with E-state index < -0.39 is 0 Å². The van der Waals surface area contributed by atoms with Crippen LogP contribution in [0.15, 0.2) is 12.1 Å². The summed E-state index contributed by atoms with van der Waals surface area (Å²) in [4.78, 5) is 0. The number of rotatable bonds is 0. The molecule has 2 aliphatic rings. The summed E-state index contributed by atoms with van der Waals surface area (Å²) in [6.07, 6.45) is 5.39. The van der Waals surface area contributed by atoms with Gasteiger partial charge < -0.3 is 9.99 Å². The van der Waals surface area contributed by atoms with Crippen LogP contribution in [0.4, 0.5) is 0 Å². The summed E-state index contributed by atoms with van der Waals surface area (Å²) in [7, 11) is 0. The van der Waals surface area contributed by atoms with Gasteiger partial charge in [-0.05, 0) is 47.9 Å². The first-order chi connectivity index (χ1) is 4.95. The Morgan fingerprint density at radius 1 is 0.818 bits per heavy atom. The SMILES string of the molecule is [H-].[H-].[H-].[H-].[H-].[H-].[H-].[Re].c1cc2c(c3c1CC3)CC2. The predicted molar refractivity (Wildman–Crippen MR) is 49.0 cm³/mol. The molecule has 3 rings (SSSR count). The van der Waals surface area contributed by atoms with Crippen molar-refractivity contribution in [2.45, 2.75) is 25.7 Å². The van der Waals surface area contributed by atoms with Gasteiger partial charge >= 0.3 is 0 Å². The van der Waals surface area contributed by atoms with Crippen LogP contribution in [0.5, 0.6) is 0 Å². The molecular formula is C10H17Re-7. The van der Waals surface area contributed by atoms with Gasteiger partial charge in [0, 0.05) is 20.4 Å². The Hall–Kier alpha value is -0.118. The first-order valence-corrected chi connectivity index (χ1v) is 4.07. The van der Waals surface area contributed by atoms with Crippen LogP contribution in [0.1, 0.15) is 32.2 Å². The van der Waals surface area contributed by atoms with E-state index in [4.69, 9.17) is 0 Å². The zero-order valence-electron chi connectivity index (χ0n) is 13.4. The summed E-state index contributed by atoms with van der Waals surface area (Å²) >= 11 is 0. The molecule has 0 bridgehead atoms. The van der Waals surface area contributed by atoms with Gasteiger partial charge in [0.05, 0.1) is 0 Å². The van der Waals surface area contributed by atoms with Crippen molar-refractivity contribution in [1.29, 1.82) is 0 Å². The zero-order chi connectivity index (χ0) is 6.55. The van der Waals surface area contributed by atoms with Gasteiger partial charge in [-0.3, -0.25) is 0 Å². The zero-order valence-corrected chi connectivity index (χ0v) is 9.08. The Bertz CT molecular complexity index is 288. The Morgan fingerprint density at radius 2 is 1.27 bits per heavy atom. The maximum Gasteiger partial charge on any atom is 0 e. The smallest absolute Gasteiger partial charge is 0 e. The molecule has 0 aliphatic heterocycles. The van der Waals surface area contributed by atoms with Crippen molar-refractivity contribution in [3.05, 3.63) is 34.4 Å². The van der Waals surface area contributed by atoms with Crippen molar-refractivity contribution in [3.8, 4) is 0 Å². The molecule has 0 N–H and O–H groups in total. The fraction of sp³-hybridized carbons (Fsp3) is 0.400. The molecule has 0 unspecified atom stereocenters. The molecule has 0 heterocycles. The molecule has 2 aliphatic carbocycles. The topological polar surface area (TPSA) is 0 Å². The van der Waals surface area contributed by atoms with Crippen molar-refractivity contribution in [3.63, 3.8) is 0 Å². The van der Waals surface area contributed by atoms with Gasteiger partial charge in [0.15, 0.2) is 0 Å². The van der Waals surface area contributed by atoms with E-state index in [-0.39, 0.29) is 30.4 Å². The van der Waals surface area contributed by atoms with Crippen molar-refractivity contribution in [2.24, 2.45) is 0 Å². The molecule has 0 saturated heterocycles. The van der Waals surface area contributed by atoms with E-state index in [0.29, 0.717) is 0 Å². The van der Waals surface area contributed by atoms with Crippen LogP contribution in [0.25, 0.3) is 0 Å². The molecule has 1 aromatic carbocycles. The van der Waals surface area contributed by atoms with Crippen LogP contribution in [0.3, 0.4) is 0 Å². The summed E-state index contributed by atoms with van der Waals surface area (Å²) in [5.74, 6) is 0. The maximum atomic E-state index is 2.32. The van der Waals surface area contributed by atoms with Gasteiger partial charge in [-0.2, -0.15) is 0 Å². The first kappa shape index (κ1) is 7.53. The second-order valence-corrected chi connectivity index (χ2v) is 3.34. The van der Waals surface area contributed by atoms with Crippen molar-refractivity contribution in [2.75, 3.05) is 0 Å². The van der Waals surface area contributed by atoms with E-state index in [2.05, 4.69) is 12.1 Å². The third-order valence-corrected chi connectivity index (χ3v) is 2.91. The van der Waals surface area contributed by atoms with Crippen LogP contribution in [0.2, 0.25) is 0 Å². The normalized spacial score (nSPS) is 16.7. The van der Waals surface area contributed by atoms with Crippen LogP contribution >= 0.6 is 0 Å². The van der Waals surface area contributed by atoms with Gasteiger partial charge in [-0.25, -0.2) is 0 Å². The second-order valence-electron chi connectivity index (χ2n) is 3.34. The number of benzene rings is 1.